The first-order valence-corrected chi connectivity index (χ1v) is 21.5. The number of nitrogens with zero attached hydrogens (tertiary/aromatic N) is 2. The number of hydrogen-bond acceptors (Lipinski definition) is 1. The minimum atomic E-state index is -0.297. The van der Waals surface area contributed by atoms with Gasteiger partial charge in [0.2, 0.25) is 0 Å². The predicted octanol–water partition coefficient (Wildman–Crippen LogP) is 16.6. The SMILES string of the molecule is CC.CC1(C)c2cc(-c3ccccc3)ccc2N(c2cc(-c3ccccc3)cc(-c3ccccc3)c2)c2ccc(-c3ccc4c(c3)c3ccccc3n4-c3ccccc3)cc21. The van der Waals surface area contributed by atoms with Crippen LogP contribution in [-0.4, -0.2) is 4.57 Å². The Hall–Kier alpha value is -7.42. The summed E-state index contributed by atoms with van der Waals surface area (Å²) in [7, 11) is 0. The summed E-state index contributed by atoms with van der Waals surface area (Å²) in [6.45, 7) is 8.79. The molecule has 11 rings (SSSR count). The quantitative estimate of drug-likeness (QED) is 0.163. The van der Waals surface area contributed by atoms with E-state index in [2.05, 4.69) is 242 Å². The molecule has 294 valence electrons. The van der Waals surface area contributed by atoms with Crippen molar-refractivity contribution in [3.63, 3.8) is 0 Å². The van der Waals surface area contributed by atoms with Crippen molar-refractivity contribution in [3.8, 4) is 50.2 Å². The minimum absolute atomic E-state index is 0.297. The first-order valence-electron chi connectivity index (χ1n) is 21.5. The van der Waals surface area contributed by atoms with Gasteiger partial charge in [0.1, 0.15) is 0 Å². The van der Waals surface area contributed by atoms with Crippen LogP contribution in [0.25, 0.3) is 72.0 Å². The van der Waals surface area contributed by atoms with Crippen LogP contribution >= 0.6 is 0 Å². The van der Waals surface area contributed by atoms with Crippen LogP contribution < -0.4 is 4.90 Å². The monoisotopic (exact) mass is 784 g/mol. The molecule has 0 saturated carbocycles. The van der Waals surface area contributed by atoms with Gasteiger partial charge in [-0.2, -0.15) is 0 Å². The molecule has 0 aliphatic carbocycles. The van der Waals surface area contributed by atoms with Gasteiger partial charge in [-0.15, -0.1) is 0 Å². The van der Waals surface area contributed by atoms with Gasteiger partial charge >= 0.3 is 0 Å². The standard InChI is InChI=1S/C57H42N2.C2H6/c1-57(2)51-37-43(39-17-7-3-8-18-39)28-31-55(51)59(48-34-45(40-19-9-4-10-20-40)33-46(35-48)41-21-11-5-12-22-41)56-32-29-44(38-52(56)57)42-27-30-54-50(36-42)49-25-15-16-26-53(49)58(54)47-23-13-6-14-24-47;1-2/h3-38H,1-2H3;1-2H3. The van der Waals surface area contributed by atoms with Gasteiger partial charge in [-0.3, -0.25) is 0 Å². The maximum atomic E-state index is 2.50. The number of aromatic nitrogens is 1. The molecule has 10 aromatic rings. The maximum Gasteiger partial charge on any atom is 0.0541 e. The van der Waals surface area contributed by atoms with E-state index in [0.29, 0.717) is 0 Å². The zero-order chi connectivity index (χ0) is 41.5. The molecule has 0 bridgehead atoms. The molecule has 0 amide bonds. The molecule has 1 aliphatic rings. The summed E-state index contributed by atoms with van der Waals surface area (Å²) in [6.07, 6.45) is 0. The molecule has 0 spiro atoms. The van der Waals surface area contributed by atoms with Crippen molar-refractivity contribution < 1.29 is 0 Å². The van der Waals surface area contributed by atoms with Crippen LogP contribution in [0, 0.1) is 0 Å². The first kappa shape index (κ1) is 37.8. The van der Waals surface area contributed by atoms with Crippen LogP contribution in [0.15, 0.2) is 218 Å². The molecule has 0 fully saturated rings. The van der Waals surface area contributed by atoms with Crippen molar-refractivity contribution in [2.45, 2.75) is 33.1 Å². The minimum Gasteiger partial charge on any atom is -0.310 e. The zero-order valence-corrected chi connectivity index (χ0v) is 35.2. The fourth-order valence-electron chi connectivity index (χ4n) is 9.35. The summed E-state index contributed by atoms with van der Waals surface area (Å²) < 4.78 is 2.39. The number of benzene rings is 9. The highest BCUT2D eigenvalue weighted by molar-refractivity contribution is 6.10. The molecule has 2 heterocycles. The Balaban J connectivity index is 0.00000220. The van der Waals surface area contributed by atoms with Gasteiger partial charge in [-0.1, -0.05) is 173 Å². The highest BCUT2D eigenvalue weighted by Gasteiger charge is 2.38. The molecule has 2 heteroatoms. The molecular formula is C59H48N2. The van der Waals surface area contributed by atoms with E-state index in [1.54, 1.807) is 0 Å². The van der Waals surface area contributed by atoms with E-state index >= 15 is 0 Å². The smallest absolute Gasteiger partial charge is 0.0541 e. The van der Waals surface area contributed by atoms with Crippen molar-refractivity contribution in [1.29, 1.82) is 0 Å². The van der Waals surface area contributed by atoms with Gasteiger partial charge < -0.3 is 9.47 Å². The highest BCUT2D eigenvalue weighted by Crippen LogP contribution is 2.54. The molecule has 0 N–H and O–H groups in total. The van der Waals surface area contributed by atoms with Crippen LogP contribution in [0.4, 0.5) is 17.1 Å². The first-order chi connectivity index (χ1) is 30.0. The number of rotatable bonds is 6. The average Bonchev–Trinajstić information content (AvgIpc) is 3.67. The van der Waals surface area contributed by atoms with Crippen molar-refractivity contribution in [2.75, 3.05) is 4.90 Å². The average molecular weight is 785 g/mol. The van der Waals surface area contributed by atoms with Crippen molar-refractivity contribution >= 4 is 38.9 Å². The van der Waals surface area contributed by atoms with Crippen molar-refractivity contribution in [3.05, 3.63) is 230 Å². The van der Waals surface area contributed by atoms with E-state index < -0.39 is 0 Å². The zero-order valence-electron chi connectivity index (χ0n) is 35.2. The number of fused-ring (bicyclic) bond motifs is 5. The van der Waals surface area contributed by atoms with E-state index in [1.807, 2.05) is 13.8 Å². The third-order valence-electron chi connectivity index (χ3n) is 12.3. The molecule has 2 nitrogen and oxygen atoms in total. The Morgan fingerprint density at radius 1 is 0.311 bits per heavy atom. The summed E-state index contributed by atoms with van der Waals surface area (Å²) in [5, 5.41) is 2.51. The second-order valence-corrected chi connectivity index (χ2v) is 16.2. The van der Waals surface area contributed by atoms with Gasteiger partial charge in [0.05, 0.1) is 22.4 Å². The Morgan fingerprint density at radius 3 is 1.30 bits per heavy atom. The summed E-state index contributed by atoms with van der Waals surface area (Å²) in [5.74, 6) is 0. The number of para-hydroxylation sites is 2. The molecule has 0 saturated heterocycles. The Morgan fingerprint density at radius 2 is 0.738 bits per heavy atom. The second-order valence-electron chi connectivity index (χ2n) is 16.2. The van der Waals surface area contributed by atoms with Crippen LogP contribution in [0.3, 0.4) is 0 Å². The van der Waals surface area contributed by atoms with E-state index in [9.17, 15) is 0 Å². The molecule has 9 aromatic carbocycles. The molecule has 1 aliphatic heterocycles. The van der Waals surface area contributed by atoms with E-state index in [-0.39, 0.29) is 5.41 Å². The van der Waals surface area contributed by atoms with Crippen LogP contribution in [0.1, 0.15) is 38.8 Å². The Labute approximate surface area is 359 Å². The van der Waals surface area contributed by atoms with Crippen molar-refractivity contribution in [1.82, 2.24) is 4.57 Å². The summed E-state index contributed by atoms with van der Waals surface area (Å²) in [5.41, 5.74) is 19.1. The predicted molar refractivity (Wildman–Crippen MR) is 261 cm³/mol. The van der Waals surface area contributed by atoms with Crippen LogP contribution in [-0.2, 0) is 5.41 Å². The maximum absolute atomic E-state index is 2.50. The fraction of sp³-hybridized carbons (Fsp3) is 0.0847. The normalized spacial score (nSPS) is 12.7. The molecule has 0 unspecified atom stereocenters. The molecule has 61 heavy (non-hydrogen) atoms. The van der Waals surface area contributed by atoms with E-state index in [4.69, 9.17) is 0 Å². The fourth-order valence-corrected chi connectivity index (χ4v) is 9.35. The summed E-state index contributed by atoms with van der Waals surface area (Å²) >= 11 is 0. The highest BCUT2D eigenvalue weighted by atomic mass is 15.2. The van der Waals surface area contributed by atoms with Crippen LogP contribution in [0.2, 0.25) is 0 Å². The van der Waals surface area contributed by atoms with Gasteiger partial charge in [-0.05, 0) is 128 Å². The number of hydrogen-bond donors (Lipinski definition) is 0. The molecular weight excluding hydrogens is 737 g/mol. The topological polar surface area (TPSA) is 8.17 Å². The van der Waals surface area contributed by atoms with Gasteiger partial charge in [0.25, 0.3) is 0 Å². The molecule has 1 aromatic heterocycles. The third-order valence-corrected chi connectivity index (χ3v) is 12.3. The largest absolute Gasteiger partial charge is 0.310 e. The van der Waals surface area contributed by atoms with Gasteiger partial charge in [0, 0.05) is 27.6 Å². The molecule has 0 atom stereocenters. The Bertz CT molecular complexity index is 3100. The summed E-state index contributed by atoms with van der Waals surface area (Å²) in [4.78, 5) is 2.50. The van der Waals surface area contributed by atoms with Gasteiger partial charge in [-0.25, -0.2) is 0 Å². The Kier molecular flexibility index (Phi) is 9.70. The second kappa shape index (κ2) is 15.6. The van der Waals surface area contributed by atoms with E-state index in [1.165, 1.54) is 94.5 Å². The van der Waals surface area contributed by atoms with E-state index in [0.717, 1.165) is 5.69 Å². The lowest BCUT2D eigenvalue weighted by molar-refractivity contribution is 0.632. The lowest BCUT2D eigenvalue weighted by Crippen LogP contribution is -2.30. The lowest BCUT2D eigenvalue weighted by Gasteiger charge is -2.43. The third kappa shape index (κ3) is 6.62. The van der Waals surface area contributed by atoms with Crippen LogP contribution in [0.5, 0.6) is 0 Å². The van der Waals surface area contributed by atoms with Crippen molar-refractivity contribution in [2.24, 2.45) is 0 Å². The summed E-state index contributed by atoms with van der Waals surface area (Å²) in [6, 6.07) is 80.0. The van der Waals surface area contributed by atoms with Gasteiger partial charge in [0.15, 0.2) is 0 Å². The number of anilines is 3. The lowest BCUT2D eigenvalue weighted by atomic mass is 9.72. The molecule has 0 radical (unpaired) electrons.